The topological polar surface area (TPSA) is 42.2 Å². The van der Waals surface area contributed by atoms with Crippen molar-refractivity contribution in [1.29, 1.82) is 0 Å². The van der Waals surface area contributed by atoms with Gasteiger partial charge in [-0.25, -0.2) is 0 Å². The summed E-state index contributed by atoms with van der Waals surface area (Å²) in [5.74, 6) is 0.946. The van der Waals surface area contributed by atoms with Gasteiger partial charge in [-0.3, -0.25) is 4.79 Å². The highest BCUT2D eigenvalue weighted by molar-refractivity contribution is 5.93. The lowest BCUT2D eigenvalue weighted by molar-refractivity contribution is 0.0954. The smallest absolute Gasteiger partial charge is 0.199 e. The van der Waals surface area contributed by atoms with Crippen LogP contribution in [-0.2, 0) is 0 Å². The van der Waals surface area contributed by atoms with Crippen molar-refractivity contribution >= 4 is 5.78 Å². The molecular formula is C17H21NO2. The minimum atomic E-state index is 0.0399. The lowest BCUT2D eigenvalue weighted by Gasteiger charge is -2.22. The first kappa shape index (κ1) is 14.5. The Morgan fingerprint density at radius 3 is 2.50 bits per heavy atom. The standard InChI is InChI=1S/C17H21NO2/c1-13(2)17(14-7-4-3-5-8-14)18-11-10-15(19)16-9-6-12-20-16/h3-9,12-13,17-18H,10-11H2,1-2H3. The van der Waals surface area contributed by atoms with E-state index in [2.05, 4.69) is 31.3 Å². The number of hydrogen-bond acceptors (Lipinski definition) is 3. The van der Waals surface area contributed by atoms with E-state index >= 15 is 0 Å². The second-order valence-electron chi connectivity index (χ2n) is 5.24. The number of furan rings is 1. The maximum Gasteiger partial charge on any atom is 0.199 e. The molecule has 1 atom stereocenters. The zero-order valence-electron chi connectivity index (χ0n) is 12.0. The number of ketones is 1. The van der Waals surface area contributed by atoms with Crippen LogP contribution in [0.15, 0.2) is 53.1 Å². The van der Waals surface area contributed by atoms with Gasteiger partial charge in [0.1, 0.15) is 0 Å². The van der Waals surface area contributed by atoms with E-state index in [0.29, 0.717) is 24.6 Å². The van der Waals surface area contributed by atoms with Crippen LogP contribution in [0.2, 0.25) is 0 Å². The fourth-order valence-corrected chi connectivity index (χ4v) is 2.30. The first-order valence-corrected chi connectivity index (χ1v) is 7.03. The van der Waals surface area contributed by atoms with Crippen LogP contribution in [0.5, 0.6) is 0 Å². The van der Waals surface area contributed by atoms with Gasteiger partial charge in [-0.05, 0) is 23.6 Å². The summed E-state index contributed by atoms with van der Waals surface area (Å²) in [5.41, 5.74) is 1.26. The number of benzene rings is 1. The number of hydrogen-bond donors (Lipinski definition) is 1. The van der Waals surface area contributed by atoms with Crippen molar-refractivity contribution in [1.82, 2.24) is 5.32 Å². The maximum atomic E-state index is 11.9. The Kier molecular flexibility index (Phi) is 5.13. The molecule has 0 bridgehead atoms. The van der Waals surface area contributed by atoms with Crippen molar-refractivity contribution in [3.63, 3.8) is 0 Å². The summed E-state index contributed by atoms with van der Waals surface area (Å²) in [6, 6.07) is 14.0. The van der Waals surface area contributed by atoms with Crippen molar-refractivity contribution in [2.75, 3.05) is 6.54 Å². The highest BCUT2D eigenvalue weighted by Gasteiger charge is 2.16. The molecule has 3 nitrogen and oxygen atoms in total. The van der Waals surface area contributed by atoms with Crippen LogP contribution >= 0.6 is 0 Å². The van der Waals surface area contributed by atoms with Gasteiger partial charge in [0, 0.05) is 19.0 Å². The van der Waals surface area contributed by atoms with E-state index < -0.39 is 0 Å². The van der Waals surface area contributed by atoms with Crippen LogP contribution in [0, 0.1) is 5.92 Å². The average molecular weight is 271 g/mol. The molecule has 0 saturated carbocycles. The number of nitrogens with one attached hydrogen (secondary N) is 1. The average Bonchev–Trinajstić information content (AvgIpc) is 2.98. The summed E-state index contributed by atoms with van der Waals surface area (Å²) in [7, 11) is 0. The van der Waals surface area contributed by atoms with Gasteiger partial charge in [-0.15, -0.1) is 0 Å². The largest absolute Gasteiger partial charge is 0.461 e. The van der Waals surface area contributed by atoms with E-state index in [1.807, 2.05) is 18.2 Å². The number of Topliss-reactive ketones (excluding diaryl/α,β-unsaturated/α-hetero) is 1. The second kappa shape index (κ2) is 7.06. The Labute approximate surface area is 120 Å². The third-order valence-electron chi connectivity index (χ3n) is 3.34. The normalized spacial score (nSPS) is 12.6. The van der Waals surface area contributed by atoms with Gasteiger partial charge in [-0.1, -0.05) is 44.2 Å². The van der Waals surface area contributed by atoms with Crippen LogP contribution in [0.25, 0.3) is 0 Å². The first-order valence-electron chi connectivity index (χ1n) is 7.03. The molecule has 3 heteroatoms. The first-order chi connectivity index (χ1) is 9.68. The van der Waals surface area contributed by atoms with Gasteiger partial charge >= 0.3 is 0 Å². The zero-order valence-corrected chi connectivity index (χ0v) is 12.0. The van der Waals surface area contributed by atoms with Gasteiger partial charge in [-0.2, -0.15) is 0 Å². The fraction of sp³-hybridized carbons (Fsp3) is 0.353. The van der Waals surface area contributed by atoms with Crippen LogP contribution in [0.4, 0.5) is 0 Å². The third kappa shape index (κ3) is 3.81. The van der Waals surface area contributed by atoms with Gasteiger partial charge in [0.15, 0.2) is 11.5 Å². The summed E-state index contributed by atoms with van der Waals surface area (Å²) >= 11 is 0. The summed E-state index contributed by atoms with van der Waals surface area (Å²) in [5, 5.41) is 3.47. The Hall–Kier alpha value is -1.87. The molecule has 1 N–H and O–H groups in total. The molecule has 0 aliphatic carbocycles. The third-order valence-corrected chi connectivity index (χ3v) is 3.34. The van der Waals surface area contributed by atoms with Crippen molar-refractivity contribution < 1.29 is 9.21 Å². The fourth-order valence-electron chi connectivity index (χ4n) is 2.30. The predicted molar refractivity (Wildman–Crippen MR) is 79.7 cm³/mol. The van der Waals surface area contributed by atoms with E-state index in [0.717, 1.165) is 0 Å². The van der Waals surface area contributed by atoms with Crippen LogP contribution < -0.4 is 5.32 Å². The molecule has 0 aliphatic heterocycles. The highest BCUT2D eigenvalue weighted by Crippen LogP contribution is 2.21. The summed E-state index contributed by atoms with van der Waals surface area (Å²) < 4.78 is 5.11. The molecule has 0 amide bonds. The lowest BCUT2D eigenvalue weighted by Crippen LogP contribution is -2.27. The highest BCUT2D eigenvalue weighted by atomic mass is 16.3. The summed E-state index contributed by atoms with van der Waals surface area (Å²) in [4.78, 5) is 11.9. The van der Waals surface area contributed by atoms with Gasteiger partial charge < -0.3 is 9.73 Å². The summed E-state index contributed by atoms with van der Waals surface area (Å²) in [6.45, 7) is 5.01. The lowest BCUT2D eigenvalue weighted by atomic mass is 9.96. The predicted octanol–water partition coefficient (Wildman–Crippen LogP) is 3.84. The Balaban J connectivity index is 1.89. The molecule has 20 heavy (non-hydrogen) atoms. The van der Waals surface area contributed by atoms with Crippen LogP contribution in [0.3, 0.4) is 0 Å². The zero-order chi connectivity index (χ0) is 14.4. The molecule has 1 aromatic heterocycles. The Morgan fingerprint density at radius 1 is 1.15 bits per heavy atom. The molecule has 1 heterocycles. The molecule has 0 radical (unpaired) electrons. The van der Waals surface area contributed by atoms with Gasteiger partial charge in [0.2, 0.25) is 0 Å². The molecule has 2 aromatic rings. The molecule has 0 aliphatic rings. The van der Waals surface area contributed by atoms with E-state index in [-0.39, 0.29) is 11.8 Å². The van der Waals surface area contributed by atoms with Crippen molar-refractivity contribution in [3.05, 3.63) is 60.1 Å². The van der Waals surface area contributed by atoms with E-state index in [1.165, 1.54) is 11.8 Å². The Morgan fingerprint density at radius 2 is 1.90 bits per heavy atom. The molecule has 0 saturated heterocycles. The minimum absolute atomic E-state index is 0.0399. The molecule has 106 valence electrons. The van der Waals surface area contributed by atoms with Gasteiger partial charge in [0.05, 0.1) is 6.26 Å². The molecule has 2 rings (SSSR count). The van der Waals surface area contributed by atoms with Crippen molar-refractivity contribution in [3.8, 4) is 0 Å². The van der Waals surface area contributed by atoms with Crippen molar-refractivity contribution in [2.24, 2.45) is 5.92 Å². The van der Waals surface area contributed by atoms with Crippen LogP contribution in [-0.4, -0.2) is 12.3 Å². The second-order valence-corrected chi connectivity index (χ2v) is 5.24. The van der Waals surface area contributed by atoms with Gasteiger partial charge in [0.25, 0.3) is 0 Å². The molecule has 0 spiro atoms. The monoisotopic (exact) mass is 271 g/mol. The number of carbonyl (C=O) groups excluding carboxylic acids is 1. The number of carbonyl (C=O) groups is 1. The van der Waals surface area contributed by atoms with E-state index in [4.69, 9.17) is 4.42 Å². The van der Waals surface area contributed by atoms with E-state index in [9.17, 15) is 4.79 Å². The summed E-state index contributed by atoms with van der Waals surface area (Å²) in [6.07, 6.45) is 1.98. The van der Waals surface area contributed by atoms with E-state index in [1.54, 1.807) is 12.1 Å². The van der Waals surface area contributed by atoms with Crippen LogP contribution in [0.1, 0.15) is 42.4 Å². The van der Waals surface area contributed by atoms with Crippen molar-refractivity contribution in [2.45, 2.75) is 26.3 Å². The SMILES string of the molecule is CC(C)C(NCCC(=O)c1ccco1)c1ccccc1. The molecule has 1 aromatic carbocycles. The quantitative estimate of drug-likeness (QED) is 0.778. The molecule has 0 fully saturated rings. The Bertz CT molecular complexity index is 517. The maximum absolute atomic E-state index is 11.9. The molecule has 1 unspecified atom stereocenters. The molecular weight excluding hydrogens is 250 g/mol. The number of rotatable bonds is 7. The minimum Gasteiger partial charge on any atom is -0.461 e.